The molecule has 1 atom stereocenters. The Labute approximate surface area is 224 Å². The molecule has 0 spiro atoms. The first-order chi connectivity index (χ1) is 17.4. The summed E-state index contributed by atoms with van der Waals surface area (Å²) >= 11 is 12.3. The Kier molecular flexibility index (Phi) is 10.7. The Morgan fingerprint density at radius 2 is 1.67 bits per heavy atom. The highest BCUT2D eigenvalue weighted by atomic mass is 35.5. The van der Waals surface area contributed by atoms with Crippen LogP contribution >= 0.6 is 23.2 Å². The molecule has 196 valence electrons. The Morgan fingerprint density at radius 1 is 0.972 bits per heavy atom. The molecule has 1 unspecified atom stereocenters. The first-order valence-corrected chi connectivity index (χ1v) is 13.4. The molecule has 0 radical (unpaired) electrons. The van der Waals surface area contributed by atoms with Gasteiger partial charge < -0.3 is 19.7 Å². The van der Waals surface area contributed by atoms with E-state index in [1.54, 1.807) is 31.3 Å². The van der Waals surface area contributed by atoms with E-state index in [-0.39, 0.29) is 30.8 Å². The summed E-state index contributed by atoms with van der Waals surface area (Å²) in [5.41, 5.74) is 1.78. The summed E-state index contributed by atoms with van der Waals surface area (Å²) in [7, 11) is 3.17. The van der Waals surface area contributed by atoms with E-state index in [2.05, 4.69) is 5.32 Å². The molecule has 0 saturated heterocycles. The summed E-state index contributed by atoms with van der Waals surface area (Å²) in [6.07, 6.45) is 6.72. The second-order valence-electron chi connectivity index (χ2n) is 9.23. The maximum Gasteiger partial charge on any atom is 0.243 e. The molecule has 0 heterocycles. The average molecular weight is 536 g/mol. The van der Waals surface area contributed by atoms with Crippen molar-refractivity contribution in [3.8, 4) is 11.5 Å². The van der Waals surface area contributed by atoms with Crippen LogP contribution in [0.3, 0.4) is 0 Å². The van der Waals surface area contributed by atoms with Crippen molar-refractivity contribution in [1.82, 2.24) is 10.2 Å². The molecule has 1 fully saturated rings. The van der Waals surface area contributed by atoms with Crippen molar-refractivity contribution in [2.75, 3.05) is 14.2 Å². The highest BCUT2D eigenvalue weighted by molar-refractivity contribution is 6.42. The summed E-state index contributed by atoms with van der Waals surface area (Å²) in [5.74, 6) is 1.07. The Balaban J connectivity index is 1.79. The zero-order valence-corrected chi connectivity index (χ0v) is 22.8. The van der Waals surface area contributed by atoms with Crippen LogP contribution in [-0.4, -0.2) is 43.0 Å². The Bertz CT molecular complexity index is 1040. The van der Waals surface area contributed by atoms with Crippen molar-refractivity contribution in [2.45, 2.75) is 76.9 Å². The number of aryl methyl sites for hydroxylation is 1. The van der Waals surface area contributed by atoms with Gasteiger partial charge in [-0.05, 0) is 61.1 Å². The number of nitrogens with zero attached hydrogens (tertiary/aromatic N) is 1. The second kappa shape index (κ2) is 13.8. The number of methoxy groups -OCH3 is 2. The van der Waals surface area contributed by atoms with E-state index < -0.39 is 6.04 Å². The van der Waals surface area contributed by atoms with Crippen LogP contribution < -0.4 is 14.8 Å². The largest absolute Gasteiger partial charge is 0.493 e. The van der Waals surface area contributed by atoms with Gasteiger partial charge in [-0.3, -0.25) is 9.59 Å². The molecule has 0 bridgehead atoms. The van der Waals surface area contributed by atoms with Crippen LogP contribution in [0.1, 0.15) is 63.0 Å². The molecule has 2 aromatic carbocycles. The molecule has 1 aliphatic rings. The first-order valence-electron chi connectivity index (χ1n) is 12.6. The number of ether oxygens (including phenoxy) is 2. The van der Waals surface area contributed by atoms with Crippen LogP contribution in [0, 0.1) is 0 Å². The fraction of sp³-hybridized carbons (Fsp3) is 0.500. The van der Waals surface area contributed by atoms with Gasteiger partial charge in [0, 0.05) is 19.0 Å². The van der Waals surface area contributed by atoms with Crippen molar-refractivity contribution in [3.63, 3.8) is 0 Å². The molecular weight excluding hydrogens is 499 g/mol. The number of rotatable bonds is 11. The molecule has 0 aliphatic heterocycles. The lowest BCUT2D eigenvalue weighted by Crippen LogP contribution is -2.51. The number of amides is 2. The molecule has 8 heteroatoms. The summed E-state index contributed by atoms with van der Waals surface area (Å²) in [6.45, 7) is 2.22. The number of carbonyl (C=O) groups is 2. The molecule has 1 N–H and O–H groups in total. The third-order valence-electron chi connectivity index (χ3n) is 6.75. The van der Waals surface area contributed by atoms with Gasteiger partial charge in [0.2, 0.25) is 11.8 Å². The normalized spacial score (nSPS) is 14.7. The van der Waals surface area contributed by atoms with Crippen LogP contribution in [0.2, 0.25) is 10.0 Å². The van der Waals surface area contributed by atoms with E-state index in [1.807, 2.05) is 31.2 Å². The summed E-state index contributed by atoms with van der Waals surface area (Å²) in [5, 5.41) is 4.08. The highest BCUT2D eigenvalue weighted by Gasteiger charge is 2.30. The van der Waals surface area contributed by atoms with E-state index in [0.29, 0.717) is 34.4 Å². The Hall–Kier alpha value is -2.44. The van der Waals surface area contributed by atoms with Gasteiger partial charge in [-0.15, -0.1) is 0 Å². The quantitative estimate of drug-likeness (QED) is 0.372. The zero-order chi connectivity index (χ0) is 26.1. The number of hydrogen-bond acceptors (Lipinski definition) is 4. The van der Waals surface area contributed by atoms with Crippen LogP contribution in [-0.2, 0) is 22.6 Å². The van der Waals surface area contributed by atoms with Gasteiger partial charge in [0.1, 0.15) is 6.04 Å². The smallest absolute Gasteiger partial charge is 0.243 e. The molecule has 36 heavy (non-hydrogen) atoms. The van der Waals surface area contributed by atoms with Crippen molar-refractivity contribution < 1.29 is 19.1 Å². The van der Waals surface area contributed by atoms with Gasteiger partial charge in [0.15, 0.2) is 11.5 Å². The van der Waals surface area contributed by atoms with Crippen LogP contribution in [0.5, 0.6) is 11.5 Å². The summed E-state index contributed by atoms with van der Waals surface area (Å²) in [6, 6.07) is 10.5. The molecule has 2 amide bonds. The fourth-order valence-electron chi connectivity index (χ4n) is 4.73. The minimum Gasteiger partial charge on any atom is -0.493 e. The molecule has 2 aromatic rings. The van der Waals surface area contributed by atoms with Crippen molar-refractivity contribution >= 4 is 35.0 Å². The van der Waals surface area contributed by atoms with Gasteiger partial charge in [0.05, 0.1) is 24.3 Å². The van der Waals surface area contributed by atoms with Crippen LogP contribution in [0.4, 0.5) is 0 Å². The van der Waals surface area contributed by atoms with E-state index in [0.717, 1.165) is 36.8 Å². The highest BCUT2D eigenvalue weighted by Crippen LogP contribution is 2.29. The average Bonchev–Trinajstić information content (AvgIpc) is 2.89. The second-order valence-corrected chi connectivity index (χ2v) is 10.0. The monoisotopic (exact) mass is 534 g/mol. The third-order valence-corrected chi connectivity index (χ3v) is 7.49. The SMILES string of the molecule is CCC(C(=O)NC1CCCCC1)N(Cc1ccc(Cl)c(Cl)c1)C(=O)CCc1ccc(OC)c(OC)c1. The molecule has 6 nitrogen and oxygen atoms in total. The predicted molar refractivity (Wildman–Crippen MR) is 144 cm³/mol. The molecule has 1 saturated carbocycles. The molecule has 3 rings (SSSR count). The van der Waals surface area contributed by atoms with Gasteiger partial charge in [0.25, 0.3) is 0 Å². The number of nitrogens with one attached hydrogen (secondary N) is 1. The number of hydrogen-bond donors (Lipinski definition) is 1. The number of carbonyl (C=O) groups excluding carboxylic acids is 2. The summed E-state index contributed by atoms with van der Waals surface area (Å²) < 4.78 is 10.7. The Morgan fingerprint density at radius 3 is 2.31 bits per heavy atom. The number of benzene rings is 2. The fourth-order valence-corrected chi connectivity index (χ4v) is 5.05. The molecule has 0 aromatic heterocycles. The van der Waals surface area contributed by atoms with Crippen LogP contribution in [0.15, 0.2) is 36.4 Å². The number of halogens is 2. The lowest BCUT2D eigenvalue weighted by molar-refractivity contribution is -0.141. The van der Waals surface area contributed by atoms with Gasteiger partial charge in [-0.2, -0.15) is 0 Å². The topological polar surface area (TPSA) is 67.9 Å². The summed E-state index contributed by atoms with van der Waals surface area (Å²) in [4.78, 5) is 28.6. The minimum atomic E-state index is -0.570. The standard InChI is InChI=1S/C28H36Cl2N2O4/c1-4-24(28(34)31-21-8-6-5-7-9-21)32(18-20-10-13-22(29)23(30)16-20)27(33)15-12-19-11-14-25(35-2)26(17-19)36-3/h10-11,13-14,16-17,21,24H,4-9,12,15,18H2,1-3H3,(H,31,34). The van der Waals surface area contributed by atoms with Gasteiger partial charge in [-0.25, -0.2) is 0 Å². The van der Waals surface area contributed by atoms with Crippen molar-refractivity contribution in [2.24, 2.45) is 0 Å². The molecule has 1 aliphatic carbocycles. The van der Waals surface area contributed by atoms with Gasteiger partial charge >= 0.3 is 0 Å². The van der Waals surface area contributed by atoms with E-state index in [4.69, 9.17) is 32.7 Å². The maximum atomic E-state index is 13.6. The maximum absolute atomic E-state index is 13.6. The van der Waals surface area contributed by atoms with E-state index in [1.165, 1.54) is 6.42 Å². The lowest BCUT2D eigenvalue weighted by Gasteiger charge is -2.33. The van der Waals surface area contributed by atoms with E-state index >= 15 is 0 Å². The zero-order valence-electron chi connectivity index (χ0n) is 21.3. The van der Waals surface area contributed by atoms with Gasteiger partial charge in [-0.1, -0.05) is 61.5 Å². The lowest BCUT2D eigenvalue weighted by atomic mass is 9.95. The first kappa shape index (κ1) is 28.1. The van der Waals surface area contributed by atoms with Crippen LogP contribution in [0.25, 0.3) is 0 Å². The van der Waals surface area contributed by atoms with Crippen molar-refractivity contribution in [3.05, 3.63) is 57.6 Å². The minimum absolute atomic E-state index is 0.0936. The molecular formula is C28H36Cl2N2O4. The van der Waals surface area contributed by atoms with Crippen molar-refractivity contribution in [1.29, 1.82) is 0 Å². The third kappa shape index (κ3) is 7.53. The van der Waals surface area contributed by atoms with E-state index in [9.17, 15) is 9.59 Å². The predicted octanol–water partition coefficient (Wildman–Crippen LogP) is 6.20.